The van der Waals surface area contributed by atoms with Crippen LogP contribution in [-0.2, 0) is 4.79 Å². The average Bonchev–Trinajstić information content (AvgIpc) is 2.01. The maximum absolute atomic E-state index is 11.6. The van der Waals surface area contributed by atoms with Gasteiger partial charge >= 0.3 is 0 Å². The maximum atomic E-state index is 11.6. The molecule has 0 saturated heterocycles. The van der Waals surface area contributed by atoms with Crippen LogP contribution >= 0.6 is 0 Å². The first kappa shape index (κ1) is 14.6. The Morgan fingerprint density at radius 2 is 1.93 bits per heavy atom. The lowest BCUT2D eigenvalue weighted by Crippen LogP contribution is -2.37. The van der Waals surface area contributed by atoms with Crippen molar-refractivity contribution in [2.45, 2.75) is 65.8 Å². The van der Waals surface area contributed by atoms with Gasteiger partial charge in [0.05, 0.1) is 0 Å². The van der Waals surface area contributed by atoms with Crippen molar-refractivity contribution >= 4 is 5.78 Å². The van der Waals surface area contributed by atoms with Crippen LogP contribution in [0.2, 0.25) is 0 Å². The van der Waals surface area contributed by atoms with Gasteiger partial charge in [0.15, 0.2) is 0 Å². The van der Waals surface area contributed by atoms with E-state index in [1.807, 2.05) is 0 Å². The van der Waals surface area contributed by atoms with E-state index in [-0.39, 0.29) is 5.54 Å². The van der Waals surface area contributed by atoms with Gasteiger partial charge in [-0.3, -0.25) is 4.79 Å². The molecule has 0 aliphatic heterocycles. The van der Waals surface area contributed by atoms with Gasteiger partial charge < -0.3 is 5.32 Å². The fourth-order valence-corrected chi connectivity index (χ4v) is 1.66. The second kappa shape index (κ2) is 7.00. The van der Waals surface area contributed by atoms with Gasteiger partial charge in [-0.25, -0.2) is 0 Å². The molecule has 0 aliphatic rings. The Hall–Kier alpha value is -0.370. The van der Waals surface area contributed by atoms with Crippen LogP contribution in [0.25, 0.3) is 0 Å². The molecule has 0 rings (SSSR count). The van der Waals surface area contributed by atoms with Crippen molar-refractivity contribution in [1.82, 2.24) is 5.32 Å². The van der Waals surface area contributed by atoms with E-state index in [1.165, 1.54) is 12.8 Å². The molecule has 2 heteroatoms. The number of hydrogen-bond acceptors (Lipinski definition) is 2. The Kier molecular flexibility index (Phi) is 6.82. The molecule has 0 spiro atoms. The minimum atomic E-state index is 0.120. The van der Waals surface area contributed by atoms with Crippen LogP contribution in [-0.4, -0.2) is 17.9 Å². The molecule has 0 aromatic rings. The molecule has 1 N–H and O–H groups in total. The number of carbonyl (C=O) groups is 1. The summed E-state index contributed by atoms with van der Waals surface area (Å²) >= 11 is 0. The van der Waals surface area contributed by atoms with Crippen LogP contribution in [0.15, 0.2) is 0 Å². The van der Waals surface area contributed by atoms with Gasteiger partial charge in [0, 0.05) is 24.9 Å². The Morgan fingerprint density at radius 1 is 1.33 bits per heavy atom. The number of rotatable bonds is 7. The SMILES string of the molecule is CCCC(C)CC(=O)CCNC(C)(C)C. The molecule has 0 aliphatic carbocycles. The summed E-state index contributed by atoms with van der Waals surface area (Å²) in [6, 6.07) is 0. The maximum Gasteiger partial charge on any atom is 0.134 e. The van der Waals surface area contributed by atoms with Crippen molar-refractivity contribution in [2.24, 2.45) is 5.92 Å². The molecular weight excluding hydrogens is 186 g/mol. The van der Waals surface area contributed by atoms with Gasteiger partial charge in [-0.1, -0.05) is 26.7 Å². The van der Waals surface area contributed by atoms with Crippen LogP contribution in [0.4, 0.5) is 0 Å². The minimum absolute atomic E-state index is 0.120. The highest BCUT2D eigenvalue weighted by atomic mass is 16.1. The van der Waals surface area contributed by atoms with Crippen molar-refractivity contribution in [1.29, 1.82) is 0 Å². The van der Waals surface area contributed by atoms with Gasteiger partial charge in [0.25, 0.3) is 0 Å². The third-order valence-electron chi connectivity index (χ3n) is 2.42. The Bertz CT molecular complexity index is 181. The quantitative estimate of drug-likeness (QED) is 0.704. The number of nitrogens with one attached hydrogen (secondary N) is 1. The average molecular weight is 213 g/mol. The first-order valence-electron chi connectivity index (χ1n) is 6.12. The summed E-state index contributed by atoms with van der Waals surface area (Å²) in [5.41, 5.74) is 0.120. The highest BCUT2D eigenvalue weighted by Crippen LogP contribution is 2.11. The third-order valence-corrected chi connectivity index (χ3v) is 2.42. The van der Waals surface area contributed by atoms with Crippen LogP contribution in [0.3, 0.4) is 0 Å². The summed E-state index contributed by atoms with van der Waals surface area (Å²) in [7, 11) is 0. The van der Waals surface area contributed by atoms with E-state index in [9.17, 15) is 4.79 Å². The van der Waals surface area contributed by atoms with E-state index in [1.54, 1.807) is 0 Å². The molecule has 1 unspecified atom stereocenters. The summed E-state index contributed by atoms with van der Waals surface area (Å²) in [6.45, 7) is 11.5. The Balaban J connectivity index is 3.58. The van der Waals surface area contributed by atoms with Crippen LogP contribution in [0.5, 0.6) is 0 Å². The molecule has 0 radical (unpaired) electrons. The van der Waals surface area contributed by atoms with E-state index in [4.69, 9.17) is 0 Å². The molecule has 0 heterocycles. The second-order valence-corrected chi connectivity index (χ2v) is 5.56. The summed E-state index contributed by atoms with van der Waals surface area (Å²) in [5, 5.41) is 3.34. The third kappa shape index (κ3) is 9.92. The summed E-state index contributed by atoms with van der Waals surface area (Å²) in [4.78, 5) is 11.6. The monoisotopic (exact) mass is 213 g/mol. The summed E-state index contributed by atoms with van der Waals surface area (Å²) in [5.74, 6) is 0.949. The fourth-order valence-electron chi connectivity index (χ4n) is 1.66. The summed E-state index contributed by atoms with van der Waals surface area (Å²) < 4.78 is 0. The van der Waals surface area contributed by atoms with E-state index in [0.29, 0.717) is 18.1 Å². The first-order valence-corrected chi connectivity index (χ1v) is 6.12. The molecule has 0 aromatic heterocycles. The first-order chi connectivity index (χ1) is 6.85. The van der Waals surface area contributed by atoms with E-state index in [2.05, 4.69) is 39.9 Å². The predicted molar refractivity (Wildman–Crippen MR) is 66.1 cm³/mol. The largest absolute Gasteiger partial charge is 0.312 e. The summed E-state index contributed by atoms with van der Waals surface area (Å²) in [6.07, 6.45) is 3.76. The van der Waals surface area contributed by atoms with Gasteiger partial charge in [0.2, 0.25) is 0 Å². The van der Waals surface area contributed by atoms with Crippen molar-refractivity contribution in [3.05, 3.63) is 0 Å². The van der Waals surface area contributed by atoms with E-state index < -0.39 is 0 Å². The van der Waals surface area contributed by atoms with Gasteiger partial charge in [-0.2, -0.15) is 0 Å². The molecule has 1 atom stereocenters. The van der Waals surface area contributed by atoms with Crippen molar-refractivity contribution < 1.29 is 4.79 Å². The smallest absolute Gasteiger partial charge is 0.134 e. The lowest BCUT2D eigenvalue weighted by atomic mass is 9.98. The Labute approximate surface area is 94.8 Å². The van der Waals surface area contributed by atoms with Crippen molar-refractivity contribution in [3.63, 3.8) is 0 Å². The standard InChI is InChI=1S/C13H27NO/c1-6-7-11(2)10-12(15)8-9-14-13(3,4)5/h11,14H,6-10H2,1-5H3. The van der Waals surface area contributed by atoms with Crippen molar-refractivity contribution in [3.8, 4) is 0 Å². The van der Waals surface area contributed by atoms with Gasteiger partial charge in [-0.15, -0.1) is 0 Å². The normalized spacial score (nSPS) is 13.9. The molecule has 15 heavy (non-hydrogen) atoms. The molecule has 0 aromatic carbocycles. The molecule has 2 nitrogen and oxygen atoms in total. The molecular formula is C13H27NO. The zero-order valence-electron chi connectivity index (χ0n) is 11.0. The zero-order valence-corrected chi connectivity index (χ0v) is 11.0. The van der Waals surface area contributed by atoms with Crippen molar-refractivity contribution in [2.75, 3.05) is 6.54 Å². The predicted octanol–water partition coefficient (Wildman–Crippen LogP) is 3.16. The minimum Gasteiger partial charge on any atom is -0.312 e. The number of ketones is 1. The van der Waals surface area contributed by atoms with Crippen LogP contribution < -0.4 is 5.32 Å². The van der Waals surface area contributed by atoms with Crippen LogP contribution in [0, 0.1) is 5.92 Å². The highest BCUT2D eigenvalue weighted by Gasteiger charge is 2.11. The lowest BCUT2D eigenvalue weighted by Gasteiger charge is -2.20. The van der Waals surface area contributed by atoms with E-state index >= 15 is 0 Å². The zero-order chi connectivity index (χ0) is 11.9. The molecule has 0 saturated carbocycles. The number of Topliss-reactive ketones (excluding diaryl/α,β-unsaturated/α-hetero) is 1. The molecule has 0 fully saturated rings. The second-order valence-electron chi connectivity index (χ2n) is 5.56. The fraction of sp³-hybridized carbons (Fsp3) is 0.923. The van der Waals surface area contributed by atoms with Crippen LogP contribution in [0.1, 0.15) is 60.3 Å². The lowest BCUT2D eigenvalue weighted by molar-refractivity contribution is -0.119. The molecule has 0 bridgehead atoms. The Morgan fingerprint density at radius 3 is 2.40 bits per heavy atom. The number of carbonyl (C=O) groups excluding carboxylic acids is 1. The van der Waals surface area contributed by atoms with E-state index in [0.717, 1.165) is 13.0 Å². The molecule has 0 amide bonds. The molecule has 90 valence electrons. The number of hydrogen-bond donors (Lipinski definition) is 1. The topological polar surface area (TPSA) is 29.1 Å². The highest BCUT2D eigenvalue weighted by molar-refractivity contribution is 5.78. The van der Waals surface area contributed by atoms with Gasteiger partial charge in [0.1, 0.15) is 5.78 Å². The van der Waals surface area contributed by atoms with Gasteiger partial charge in [-0.05, 0) is 26.7 Å².